The van der Waals surface area contributed by atoms with Crippen molar-refractivity contribution in [1.29, 1.82) is 0 Å². The van der Waals surface area contributed by atoms with Gasteiger partial charge < -0.3 is 10.4 Å². The van der Waals surface area contributed by atoms with Crippen LogP contribution in [0, 0.1) is 10.1 Å². The molecular formula is C22H15N3O6. The highest BCUT2D eigenvalue weighted by atomic mass is 16.6. The molecule has 0 saturated heterocycles. The van der Waals surface area contributed by atoms with Crippen molar-refractivity contribution in [1.82, 2.24) is 4.90 Å². The average molecular weight is 417 g/mol. The van der Waals surface area contributed by atoms with Crippen LogP contribution in [0.2, 0.25) is 0 Å². The first-order chi connectivity index (χ1) is 14.8. The van der Waals surface area contributed by atoms with Crippen LogP contribution < -0.4 is 5.32 Å². The normalized spacial score (nSPS) is 12.6. The molecule has 31 heavy (non-hydrogen) atoms. The minimum absolute atomic E-state index is 0.0555. The van der Waals surface area contributed by atoms with Gasteiger partial charge in [-0.15, -0.1) is 0 Å². The Bertz CT molecular complexity index is 1200. The minimum Gasteiger partial charge on any atom is -0.506 e. The minimum atomic E-state index is -0.636. The lowest BCUT2D eigenvalue weighted by Crippen LogP contribution is -2.29. The second kappa shape index (κ2) is 7.71. The third-order valence-corrected chi connectivity index (χ3v) is 4.87. The molecule has 0 saturated carbocycles. The van der Waals surface area contributed by atoms with Gasteiger partial charge in [-0.2, -0.15) is 0 Å². The van der Waals surface area contributed by atoms with Crippen molar-refractivity contribution in [2.24, 2.45) is 0 Å². The molecule has 1 aliphatic rings. The van der Waals surface area contributed by atoms with Crippen LogP contribution in [0.1, 0.15) is 36.6 Å². The number of hydrogen-bond donors (Lipinski definition) is 2. The summed E-state index contributed by atoms with van der Waals surface area (Å²) >= 11 is 0. The molecule has 0 unspecified atom stereocenters. The van der Waals surface area contributed by atoms with Gasteiger partial charge in [0.15, 0.2) is 0 Å². The van der Waals surface area contributed by atoms with Gasteiger partial charge in [0.2, 0.25) is 0 Å². The molecule has 0 fully saturated rings. The van der Waals surface area contributed by atoms with Crippen molar-refractivity contribution in [3.05, 3.63) is 99.1 Å². The Hall–Kier alpha value is -4.53. The number of nitrogens with one attached hydrogen (secondary N) is 1. The Kier molecular flexibility index (Phi) is 4.92. The highest BCUT2D eigenvalue weighted by molar-refractivity contribution is 6.21. The highest BCUT2D eigenvalue weighted by Gasteiger charge is 2.34. The van der Waals surface area contributed by atoms with Gasteiger partial charge >= 0.3 is 0 Å². The first-order valence-electron chi connectivity index (χ1n) is 9.18. The second-order valence-corrected chi connectivity index (χ2v) is 6.85. The molecule has 4 rings (SSSR count). The average Bonchev–Trinajstić information content (AvgIpc) is 3.00. The molecule has 1 aliphatic heterocycles. The van der Waals surface area contributed by atoms with Crippen LogP contribution in [0.5, 0.6) is 5.75 Å². The van der Waals surface area contributed by atoms with Gasteiger partial charge in [-0.1, -0.05) is 24.3 Å². The number of nitro groups is 1. The summed E-state index contributed by atoms with van der Waals surface area (Å²) in [6, 6.07) is 16.1. The van der Waals surface area contributed by atoms with E-state index in [9.17, 15) is 29.6 Å². The number of imide groups is 1. The number of rotatable bonds is 5. The van der Waals surface area contributed by atoms with Crippen LogP contribution in [-0.2, 0) is 6.54 Å². The van der Waals surface area contributed by atoms with Crippen LogP contribution in [0.25, 0.3) is 0 Å². The van der Waals surface area contributed by atoms with Gasteiger partial charge in [0, 0.05) is 17.7 Å². The number of fused-ring (bicyclic) bond motifs is 1. The van der Waals surface area contributed by atoms with Gasteiger partial charge in [0.1, 0.15) is 5.75 Å². The van der Waals surface area contributed by atoms with Gasteiger partial charge in [-0.05, 0) is 35.9 Å². The molecule has 9 heteroatoms. The maximum atomic E-state index is 12.5. The van der Waals surface area contributed by atoms with Crippen molar-refractivity contribution >= 4 is 29.1 Å². The summed E-state index contributed by atoms with van der Waals surface area (Å²) in [5.41, 5.74) is 1.24. The Morgan fingerprint density at radius 3 is 2.16 bits per heavy atom. The van der Waals surface area contributed by atoms with Gasteiger partial charge in [0.05, 0.1) is 28.3 Å². The molecule has 0 aliphatic carbocycles. The summed E-state index contributed by atoms with van der Waals surface area (Å²) in [5.74, 6) is -1.63. The number of aromatic hydroxyl groups is 1. The number of phenols is 1. The maximum absolute atomic E-state index is 12.5. The molecule has 9 nitrogen and oxygen atoms in total. The van der Waals surface area contributed by atoms with Crippen LogP contribution in [0.3, 0.4) is 0 Å². The molecule has 2 N–H and O–H groups in total. The first-order valence-corrected chi connectivity index (χ1v) is 9.18. The molecular weight excluding hydrogens is 402 g/mol. The topological polar surface area (TPSA) is 130 Å². The summed E-state index contributed by atoms with van der Waals surface area (Å²) in [6.45, 7) is 0.0555. The molecule has 3 amide bonds. The molecule has 154 valence electrons. The monoisotopic (exact) mass is 417 g/mol. The summed E-state index contributed by atoms with van der Waals surface area (Å²) in [5, 5.41) is 23.1. The fraction of sp³-hybridized carbons (Fsp3) is 0.0455. The molecule has 0 spiro atoms. The van der Waals surface area contributed by atoms with Crippen molar-refractivity contribution in [2.75, 3.05) is 5.32 Å². The molecule has 0 radical (unpaired) electrons. The number of hydrogen-bond acceptors (Lipinski definition) is 6. The highest BCUT2D eigenvalue weighted by Crippen LogP contribution is 2.28. The predicted molar refractivity (Wildman–Crippen MR) is 110 cm³/mol. The quantitative estimate of drug-likeness (QED) is 0.283. The van der Waals surface area contributed by atoms with E-state index in [2.05, 4.69) is 5.32 Å². The van der Waals surface area contributed by atoms with Crippen LogP contribution in [0.4, 0.5) is 11.4 Å². The Morgan fingerprint density at radius 2 is 1.58 bits per heavy atom. The fourth-order valence-corrected chi connectivity index (χ4v) is 3.26. The van der Waals surface area contributed by atoms with Crippen LogP contribution in [-0.4, -0.2) is 32.7 Å². The SMILES string of the molecule is O=C(Nc1cc([N+](=O)[O-])ccc1O)c1ccc(CN2C(=O)c3ccccc3C2=O)cc1. The zero-order chi connectivity index (χ0) is 22.1. The van der Waals surface area contributed by atoms with E-state index in [4.69, 9.17) is 0 Å². The number of amides is 3. The van der Waals surface area contributed by atoms with Gasteiger partial charge in [0.25, 0.3) is 23.4 Å². The molecule has 3 aromatic carbocycles. The lowest BCUT2D eigenvalue weighted by molar-refractivity contribution is -0.384. The Balaban J connectivity index is 1.47. The number of nitro benzene ring substituents is 1. The van der Waals surface area contributed by atoms with E-state index in [1.54, 1.807) is 36.4 Å². The zero-order valence-electron chi connectivity index (χ0n) is 15.9. The number of nitrogens with zero attached hydrogens (tertiary/aromatic N) is 2. The summed E-state index contributed by atoms with van der Waals surface area (Å²) in [6.07, 6.45) is 0. The zero-order valence-corrected chi connectivity index (χ0v) is 15.9. The third-order valence-electron chi connectivity index (χ3n) is 4.87. The van der Waals surface area contributed by atoms with Crippen LogP contribution in [0.15, 0.2) is 66.7 Å². The van der Waals surface area contributed by atoms with Crippen molar-refractivity contribution in [2.45, 2.75) is 6.54 Å². The van der Waals surface area contributed by atoms with Crippen LogP contribution >= 0.6 is 0 Å². The van der Waals surface area contributed by atoms with Crippen molar-refractivity contribution in [3.63, 3.8) is 0 Å². The lowest BCUT2D eigenvalue weighted by atomic mass is 10.1. The van der Waals surface area contributed by atoms with E-state index in [1.165, 1.54) is 12.1 Å². The molecule has 0 atom stereocenters. The molecule has 0 bridgehead atoms. The lowest BCUT2D eigenvalue weighted by Gasteiger charge is -2.14. The predicted octanol–water partition coefficient (Wildman–Crippen LogP) is 3.35. The summed E-state index contributed by atoms with van der Waals surface area (Å²) in [7, 11) is 0. The Morgan fingerprint density at radius 1 is 0.968 bits per heavy atom. The fourth-order valence-electron chi connectivity index (χ4n) is 3.26. The number of benzene rings is 3. The smallest absolute Gasteiger partial charge is 0.271 e. The Labute approximate surface area is 175 Å². The number of phenolic OH excluding ortho intramolecular Hbond substituents is 1. The van der Waals surface area contributed by atoms with Gasteiger partial charge in [-0.25, -0.2) is 0 Å². The van der Waals surface area contributed by atoms with Crippen molar-refractivity contribution in [3.8, 4) is 5.75 Å². The number of carbonyl (C=O) groups is 3. The second-order valence-electron chi connectivity index (χ2n) is 6.85. The number of carbonyl (C=O) groups excluding carboxylic acids is 3. The van der Waals surface area contributed by atoms with E-state index >= 15 is 0 Å². The van der Waals surface area contributed by atoms with E-state index < -0.39 is 10.8 Å². The standard InChI is InChI=1S/C22H15N3O6/c26-19-10-9-15(25(30)31)11-18(19)23-20(27)14-7-5-13(6-8-14)12-24-21(28)16-3-1-2-4-17(16)22(24)29/h1-11,26H,12H2,(H,23,27). The van der Waals surface area contributed by atoms with E-state index in [1.807, 2.05) is 0 Å². The molecule has 1 heterocycles. The maximum Gasteiger partial charge on any atom is 0.271 e. The summed E-state index contributed by atoms with van der Waals surface area (Å²) < 4.78 is 0. The van der Waals surface area contributed by atoms with E-state index in [0.29, 0.717) is 16.7 Å². The van der Waals surface area contributed by atoms with Gasteiger partial charge in [-0.3, -0.25) is 29.4 Å². The molecule has 0 aromatic heterocycles. The molecule has 3 aromatic rings. The largest absolute Gasteiger partial charge is 0.506 e. The number of anilines is 1. The summed E-state index contributed by atoms with van der Waals surface area (Å²) in [4.78, 5) is 48.8. The number of non-ortho nitro benzene ring substituents is 1. The third kappa shape index (κ3) is 3.71. The van der Waals surface area contributed by atoms with E-state index in [-0.39, 0.29) is 41.0 Å². The van der Waals surface area contributed by atoms with Crippen molar-refractivity contribution < 1.29 is 24.4 Å². The first kappa shape index (κ1) is 19.8. The van der Waals surface area contributed by atoms with E-state index in [0.717, 1.165) is 23.1 Å².